The van der Waals surface area contributed by atoms with Gasteiger partial charge in [0.1, 0.15) is 0 Å². The lowest BCUT2D eigenvalue weighted by molar-refractivity contribution is 0.597. The highest BCUT2D eigenvalue weighted by Crippen LogP contribution is 2.22. The fourth-order valence-corrected chi connectivity index (χ4v) is 3.25. The summed E-state index contributed by atoms with van der Waals surface area (Å²) in [5.74, 6) is 0.0710. The topological polar surface area (TPSA) is 71.1 Å². The molecule has 2 aromatic rings. The first kappa shape index (κ1) is 13.3. The molecule has 1 aromatic carbocycles. The first-order valence-electron chi connectivity index (χ1n) is 5.65. The Morgan fingerprint density at radius 2 is 2.22 bits per heavy atom. The Bertz CT molecular complexity index is 622. The molecule has 98 valence electrons. The average molecular weight is 285 g/mol. The number of nitrogens with zero attached hydrogens (tertiary/aromatic N) is 1. The number of anilines is 1. The van der Waals surface area contributed by atoms with Crippen LogP contribution in [0.15, 0.2) is 23.7 Å². The Labute approximate surface area is 110 Å². The van der Waals surface area contributed by atoms with Gasteiger partial charge < -0.3 is 5.32 Å². The maximum absolute atomic E-state index is 11.8. The van der Waals surface area contributed by atoms with Gasteiger partial charge in [-0.2, -0.15) is 0 Å². The minimum atomic E-state index is -3.29. The van der Waals surface area contributed by atoms with Gasteiger partial charge in [0.25, 0.3) is 0 Å². The van der Waals surface area contributed by atoms with Gasteiger partial charge in [0.2, 0.25) is 10.0 Å². The van der Waals surface area contributed by atoms with E-state index in [4.69, 9.17) is 0 Å². The van der Waals surface area contributed by atoms with Gasteiger partial charge in [-0.1, -0.05) is 6.92 Å². The van der Waals surface area contributed by atoms with Crippen LogP contribution >= 0.6 is 11.3 Å². The van der Waals surface area contributed by atoms with E-state index >= 15 is 0 Å². The van der Waals surface area contributed by atoms with Crippen LogP contribution in [-0.4, -0.2) is 32.2 Å². The number of hydrogen-bond acceptors (Lipinski definition) is 5. The molecule has 0 fully saturated rings. The van der Waals surface area contributed by atoms with Crippen LogP contribution in [0.2, 0.25) is 0 Å². The highest BCUT2D eigenvalue weighted by Gasteiger charge is 2.10. The Morgan fingerprint density at radius 3 is 3.00 bits per heavy atom. The van der Waals surface area contributed by atoms with Crippen molar-refractivity contribution in [1.82, 2.24) is 10.3 Å². The fourth-order valence-electron chi connectivity index (χ4n) is 1.53. The van der Waals surface area contributed by atoms with Crippen molar-refractivity contribution in [2.24, 2.45) is 0 Å². The number of rotatable bonds is 6. The predicted octanol–water partition coefficient (Wildman–Crippen LogP) is 1.65. The van der Waals surface area contributed by atoms with Crippen LogP contribution in [0.5, 0.6) is 0 Å². The van der Waals surface area contributed by atoms with Crippen molar-refractivity contribution in [2.75, 3.05) is 23.6 Å². The molecular weight excluding hydrogens is 270 g/mol. The maximum Gasteiger partial charge on any atom is 0.233 e. The molecule has 0 saturated carbocycles. The molecule has 18 heavy (non-hydrogen) atoms. The second kappa shape index (κ2) is 5.64. The van der Waals surface area contributed by atoms with E-state index in [-0.39, 0.29) is 5.75 Å². The number of nitrogens with one attached hydrogen (secondary N) is 2. The monoisotopic (exact) mass is 285 g/mol. The highest BCUT2D eigenvalue weighted by molar-refractivity contribution is 7.92. The molecule has 0 unspecified atom stereocenters. The standard InChI is InChI=1S/C11H15N3O2S2/c1-2-12-5-6-18(15,16)14-9-3-4-10-11(7-9)17-8-13-10/h3-4,7-8,12,14H,2,5-6H2,1H3. The Morgan fingerprint density at radius 1 is 1.39 bits per heavy atom. The summed E-state index contributed by atoms with van der Waals surface area (Å²) in [6.45, 7) is 3.16. The maximum atomic E-state index is 11.8. The molecule has 0 spiro atoms. The summed E-state index contributed by atoms with van der Waals surface area (Å²) in [4.78, 5) is 4.15. The molecule has 1 heterocycles. The smallest absolute Gasteiger partial charge is 0.233 e. The van der Waals surface area contributed by atoms with Crippen molar-refractivity contribution < 1.29 is 8.42 Å². The molecule has 5 nitrogen and oxygen atoms in total. The molecule has 0 aliphatic heterocycles. The largest absolute Gasteiger partial charge is 0.316 e. The fraction of sp³-hybridized carbons (Fsp3) is 0.364. The molecule has 0 aliphatic rings. The third-order valence-electron chi connectivity index (χ3n) is 2.40. The lowest BCUT2D eigenvalue weighted by Gasteiger charge is -2.08. The van der Waals surface area contributed by atoms with Crippen LogP contribution in [0.1, 0.15) is 6.92 Å². The van der Waals surface area contributed by atoms with Crippen LogP contribution in [-0.2, 0) is 10.0 Å². The van der Waals surface area contributed by atoms with Gasteiger partial charge >= 0.3 is 0 Å². The van der Waals surface area contributed by atoms with Crippen LogP contribution < -0.4 is 10.0 Å². The summed E-state index contributed by atoms with van der Waals surface area (Å²) >= 11 is 1.49. The third-order valence-corrected chi connectivity index (χ3v) is 4.48. The minimum absolute atomic E-state index is 0.0710. The van der Waals surface area contributed by atoms with E-state index in [0.717, 1.165) is 16.8 Å². The van der Waals surface area contributed by atoms with Crippen molar-refractivity contribution >= 4 is 37.3 Å². The molecule has 2 rings (SSSR count). The number of benzene rings is 1. The summed E-state index contributed by atoms with van der Waals surface area (Å²) < 4.78 is 27.1. The molecule has 0 atom stereocenters. The molecule has 0 saturated heterocycles. The molecule has 7 heteroatoms. The molecule has 1 aromatic heterocycles. The van der Waals surface area contributed by atoms with Crippen LogP contribution in [0.4, 0.5) is 5.69 Å². The predicted molar refractivity (Wildman–Crippen MR) is 75.6 cm³/mol. The van der Waals surface area contributed by atoms with Crippen LogP contribution in [0.3, 0.4) is 0 Å². The summed E-state index contributed by atoms with van der Waals surface area (Å²) in [6, 6.07) is 5.35. The molecular formula is C11H15N3O2S2. The van der Waals surface area contributed by atoms with E-state index in [0.29, 0.717) is 12.2 Å². The summed E-state index contributed by atoms with van der Waals surface area (Å²) in [6.07, 6.45) is 0. The van der Waals surface area contributed by atoms with Crippen molar-refractivity contribution in [3.05, 3.63) is 23.7 Å². The molecule has 0 radical (unpaired) electrons. The number of sulfonamides is 1. The van der Waals surface area contributed by atoms with Crippen molar-refractivity contribution in [2.45, 2.75) is 6.92 Å². The van der Waals surface area contributed by atoms with Gasteiger partial charge in [0.15, 0.2) is 0 Å². The number of hydrogen-bond donors (Lipinski definition) is 2. The second-order valence-electron chi connectivity index (χ2n) is 3.81. The van der Waals surface area contributed by atoms with Gasteiger partial charge in [-0.05, 0) is 24.7 Å². The molecule has 0 amide bonds. The third kappa shape index (κ3) is 3.41. The van der Waals surface area contributed by atoms with Gasteiger partial charge in [0.05, 0.1) is 27.2 Å². The van der Waals surface area contributed by atoms with E-state index in [9.17, 15) is 8.42 Å². The quantitative estimate of drug-likeness (QED) is 0.792. The normalized spacial score (nSPS) is 11.8. The van der Waals surface area contributed by atoms with Crippen LogP contribution in [0, 0.1) is 0 Å². The van der Waals surface area contributed by atoms with E-state index in [2.05, 4.69) is 15.0 Å². The van der Waals surface area contributed by atoms with Gasteiger partial charge in [0, 0.05) is 6.54 Å². The zero-order valence-corrected chi connectivity index (χ0v) is 11.6. The first-order chi connectivity index (χ1) is 8.61. The van der Waals surface area contributed by atoms with E-state index in [1.807, 2.05) is 13.0 Å². The summed E-state index contributed by atoms with van der Waals surface area (Å²) in [7, 11) is -3.29. The van der Waals surface area contributed by atoms with Crippen molar-refractivity contribution in [3.63, 3.8) is 0 Å². The molecule has 2 N–H and O–H groups in total. The Balaban J connectivity index is 2.07. The number of fused-ring (bicyclic) bond motifs is 1. The van der Waals surface area contributed by atoms with E-state index < -0.39 is 10.0 Å². The number of thiazole rings is 1. The lowest BCUT2D eigenvalue weighted by Crippen LogP contribution is -2.26. The Hall–Kier alpha value is -1.18. The van der Waals surface area contributed by atoms with Gasteiger partial charge in [-0.15, -0.1) is 11.3 Å². The molecule has 0 aliphatic carbocycles. The Kier molecular flexibility index (Phi) is 4.15. The highest BCUT2D eigenvalue weighted by atomic mass is 32.2. The van der Waals surface area contributed by atoms with Crippen LogP contribution in [0.25, 0.3) is 10.2 Å². The zero-order chi connectivity index (χ0) is 13.0. The molecule has 0 bridgehead atoms. The number of aromatic nitrogens is 1. The second-order valence-corrected chi connectivity index (χ2v) is 6.54. The zero-order valence-electron chi connectivity index (χ0n) is 10.0. The SMILES string of the molecule is CCNCCS(=O)(=O)Nc1ccc2ncsc2c1. The van der Waals surface area contributed by atoms with Gasteiger partial charge in [-0.25, -0.2) is 13.4 Å². The van der Waals surface area contributed by atoms with E-state index in [1.165, 1.54) is 11.3 Å². The van der Waals surface area contributed by atoms with Gasteiger partial charge in [-0.3, -0.25) is 4.72 Å². The van der Waals surface area contributed by atoms with Crippen molar-refractivity contribution in [3.8, 4) is 0 Å². The average Bonchev–Trinajstić information content (AvgIpc) is 2.75. The first-order valence-corrected chi connectivity index (χ1v) is 8.18. The van der Waals surface area contributed by atoms with E-state index in [1.54, 1.807) is 17.6 Å². The summed E-state index contributed by atoms with van der Waals surface area (Å²) in [5, 5.41) is 2.99. The minimum Gasteiger partial charge on any atom is -0.316 e. The summed E-state index contributed by atoms with van der Waals surface area (Å²) in [5.41, 5.74) is 3.22. The van der Waals surface area contributed by atoms with Crippen molar-refractivity contribution in [1.29, 1.82) is 0 Å². The lowest BCUT2D eigenvalue weighted by atomic mass is 10.3.